The second-order valence-corrected chi connectivity index (χ2v) is 8.98. The van der Waals surface area contributed by atoms with Gasteiger partial charge in [-0.15, -0.1) is 5.10 Å². The van der Waals surface area contributed by atoms with Crippen molar-refractivity contribution in [3.8, 4) is 17.5 Å². The van der Waals surface area contributed by atoms with E-state index in [0.29, 0.717) is 33.6 Å². The molecule has 3 N–H and O–H groups in total. The Morgan fingerprint density at radius 2 is 1.85 bits per heavy atom. The first-order valence-electron chi connectivity index (χ1n) is 12.4. The monoisotopic (exact) mass is 526 g/mol. The lowest BCUT2D eigenvalue weighted by Gasteiger charge is -2.20. The molecule has 2 aromatic carbocycles. The lowest BCUT2D eigenvalue weighted by atomic mass is 10.1. The predicted octanol–water partition coefficient (Wildman–Crippen LogP) is 3.30. The third-order valence-electron chi connectivity index (χ3n) is 6.33. The molecule has 6 aromatic rings. The molecule has 0 radical (unpaired) electrons. The van der Waals surface area contributed by atoms with Crippen molar-refractivity contribution in [2.75, 3.05) is 5.73 Å². The minimum absolute atomic E-state index is 0.0483. The van der Waals surface area contributed by atoms with Crippen LogP contribution >= 0.6 is 0 Å². The number of hydrogen-bond donors (Lipinski definition) is 2. The zero-order valence-corrected chi connectivity index (χ0v) is 21.3. The number of para-hydroxylation sites is 1. The van der Waals surface area contributed by atoms with Gasteiger partial charge in [0.15, 0.2) is 11.5 Å². The topological polar surface area (TPSA) is 133 Å². The molecule has 0 aliphatic carbocycles. The summed E-state index contributed by atoms with van der Waals surface area (Å²) in [5, 5.41) is 7.47. The molecular weight excluding hydrogens is 504 g/mol. The van der Waals surface area contributed by atoms with E-state index in [1.54, 1.807) is 62.0 Å². The van der Waals surface area contributed by atoms with Gasteiger partial charge in [0, 0.05) is 35.9 Å². The third kappa shape index (κ3) is 4.41. The average Bonchev–Trinajstić information content (AvgIpc) is 3.32. The number of nitrogens with two attached hydrogens (primary N) is 1. The van der Waals surface area contributed by atoms with Crippen LogP contribution < -0.4 is 16.6 Å². The Morgan fingerprint density at radius 1 is 1.00 bits per heavy atom. The molecule has 0 unspecified atom stereocenters. The van der Waals surface area contributed by atoms with Crippen molar-refractivity contribution in [3.63, 3.8) is 0 Å². The van der Waals surface area contributed by atoms with Crippen molar-refractivity contribution in [3.05, 3.63) is 124 Å². The van der Waals surface area contributed by atoms with Gasteiger partial charge in [-0.25, -0.2) is 14.5 Å². The molecule has 1 atom stereocenters. The van der Waals surface area contributed by atoms with Crippen molar-refractivity contribution in [2.24, 2.45) is 0 Å². The molecule has 10 nitrogen and oxygen atoms in total. The molecule has 0 saturated heterocycles. The first kappa shape index (κ1) is 24.5. The molecule has 40 heavy (non-hydrogen) atoms. The Bertz CT molecular complexity index is 2000. The number of nitrogen functional groups attached to an aromatic ring is 1. The van der Waals surface area contributed by atoms with E-state index in [1.165, 1.54) is 9.08 Å². The molecule has 0 fully saturated rings. The van der Waals surface area contributed by atoms with Gasteiger partial charge in [0.2, 0.25) is 0 Å². The van der Waals surface area contributed by atoms with E-state index in [0.717, 1.165) is 5.56 Å². The number of aromatic nitrogens is 6. The molecule has 4 heterocycles. The van der Waals surface area contributed by atoms with Gasteiger partial charge in [-0.05, 0) is 49.4 Å². The minimum atomic E-state index is -0.687. The normalized spacial score (nSPS) is 11.6. The summed E-state index contributed by atoms with van der Waals surface area (Å²) < 4.78 is 2.94. The number of anilines is 1. The van der Waals surface area contributed by atoms with Crippen molar-refractivity contribution in [1.29, 1.82) is 0 Å². The zero-order valence-electron chi connectivity index (χ0n) is 21.3. The zero-order chi connectivity index (χ0) is 27.6. The Balaban J connectivity index is 1.48. The van der Waals surface area contributed by atoms with Crippen LogP contribution in [0, 0.1) is 11.8 Å². The van der Waals surface area contributed by atoms with Crippen molar-refractivity contribution in [2.45, 2.75) is 13.0 Å². The Hall–Kier alpha value is -5.82. The van der Waals surface area contributed by atoms with E-state index in [1.807, 2.05) is 36.4 Å². The van der Waals surface area contributed by atoms with Gasteiger partial charge < -0.3 is 11.1 Å². The highest BCUT2D eigenvalue weighted by Gasteiger charge is 2.24. The highest BCUT2D eigenvalue weighted by atomic mass is 16.2. The molecule has 0 aliphatic rings. The molecule has 6 rings (SSSR count). The van der Waals surface area contributed by atoms with E-state index >= 15 is 0 Å². The number of fused-ring (bicyclic) bond motifs is 2. The summed E-state index contributed by atoms with van der Waals surface area (Å²) in [5.74, 6) is 6.08. The number of rotatable bonds is 4. The lowest BCUT2D eigenvalue weighted by molar-refractivity contribution is 0.0940. The fourth-order valence-corrected chi connectivity index (χ4v) is 4.50. The first-order chi connectivity index (χ1) is 19.5. The fraction of sp³-hybridized carbons (Fsp3) is 0.0667. The number of benzene rings is 2. The predicted molar refractivity (Wildman–Crippen MR) is 151 cm³/mol. The van der Waals surface area contributed by atoms with E-state index in [9.17, 15) is 9.59 Å². The number of pyridine rings is 1. The Morgan fingerprint density at radius 3 is 2.65 bits per heavy atom. The number of carbonyl (C=O) groups is 1. The van der Waals surface area contributed by atoms with Gasteiger partial charge >= 0.3 is 0 Å². The van der Waals surface area contributed by atoms with Crippen LogP contribution in [-0.4, -0.2) is 35.0 Å². The molecule has 0 aliphatic heterocycles. The van der Waals surface area contributed by atoms with Crippen molar-refractivity contribution in [1.82, 2.24) is 34.4 Å². The minimum Gasteiger partial charge on any atom is -0.381 e. The van der Waals surface area contributed by atoms with Crippen LogP contribution in [-0.2, 0) is 0 Å². The highest BCUT2D eigenvalue weighted by molar-refractivity contribution is 6.04. The first-order valence-corrected chi connectivity index (χ1v) is 12.4. The average molecular weight is 527 g/mol. The van der Waals surface area contributed by atoms with Crippen molar-refractivity contribution < 1.29 is 4.79 Å². The second-order valence-electron chi connectivity index (χ2n) is 8.98. The molecule has 194 valence electrons. The van der Waals surface area contributed by atoms with Gasteiger partial charge in [0.1, 0.15) is 11.4 Å². The maximum atomic E-state index is 14.1. The number of hydrogen-bond acceptors (Lipinski definition) is 7. The largest absolute Gasteiger partial charge is 0.381 e. The molecule has 4 aromatic heterocycles. The van der Waals surface area contributed by atoms with Crippen LogP contribution in [0.2, 0.25) is 0 Å². The summed E-state index contributed by atoms with van der Waals surface area (Å²) in [4.78, 5) is 40.7. The molecule has 1 amide bonds. The molecule has 0 spiro atoms. The second kappa shape index (κ2) is 10.2. The Labute approximate surface area is 228 Å². The van der Waals surface area contributed by atoms with E-state index in [-0.39, 0.29) is 16.9 Å². The highest BCUT2D eigenvalue weighted by Crippen LogP contribution is 2.22. The van der Waals surface area contributed by atoms with E-state index < -0.39 is 11.9 Å². The van der Waals surface area contributed by atoms with Crippen LogP contribution in [0.15, 0.2) is 96.3 Å². The van der Waals surface area contributed by atoms with E-state index in [4.69, 9.17) is 10.7 Å². The maximum absolute atomic E-state index is 14.1. The molecule has 0 bridgehead atoms. The summed E-state index contributed by atoms with van der Waals surface area (Å²) in [5.41, 5.74) is 8.55. The quantitative estimate of drug-likeness (QED) is 0.337. The molecule has 0 saturated carbocycles. The number of carbonyl (C=O) groups excluding carboxylic acids is 1. The summed E-state index contributed by atoms with van der Waals surface area (Å²) >= 11 is 0. The van der Waals surface area contributed by atoms with Gasteiger partial charge in [0.25, 0.3) is 11.5 Å². The van der Waals surface area contributed by atoms with E-state index in [2.05, 4.69) is 32.2 Å². The van der Waals surface area contributed by atoms with Crippen LogP contribution in [0.1, 0.15) is 40.3 Å². The van der Waals surface area contributed by atoms with Gasteiger partial charge in [0.05, 0.1) is 22.6 Å². The van der Waals surface area contributed by atoms with Crippen LogP contribution in [0.3, 0.4) is 0 Å². The lowest BCUT2D eigenvalue weighted by Crippen LogP contribution is -2.33. The van der Waals surface area contributed by atoms with Crippen LogP contribution in [0.5, 0.6) is 0 Å². The van der Waals surface area contributed by atoms with Gasteiger partial charge in [-0.2, -0.15) is 0 Å². The number of nitrogens with zero attached hydrogens (tertiary/aromatic N) is 6. The van der Waals surface area contributed by atoms with Gasteiger partial charge in [-0.3, -0.25) is 19.1 Å². The summed E-state index contributed by atoms with van der Waals surface area (Å²) in [6, 6.07) is 19.1. The van der Waals surface area contributed by atoms with Crippen molar-refractivity contribution >= 4 is 28.3 Å². The fourth-order valence-electron chi connectivity index (χ4n) is 4.50. The van der Waals surface area contributed by atoms with Gasteiger partial charge in [-0.1, -0.05) is 36.1 Å². The maximum Gasteiger partial charge on any atom is 0.267 e. The SMILES string of the molecule is C[C@H](NC(=O)c1c(N)nn2cccnc12)c1nc2cccc(C#Cc3cccnc3)c2c(=O)n1-c1ccccc1. The third-order valence-corrected chi connectivity index (χ3v) is 6.33. The Kier molecular flexibility index (Phi) is 6.22. The number of amides is 1. The van der Waals surface area contributed by atoms with Crippen LogP contribution in [0.25, 0.3) is 22.2 Å². The molecule has 10 heteroatoms. The summed E-state index contributed by atoms with van der Waals surface area (Å²) in [6.45, 7) is 1.76. The molecular formula is C30H22N8O2. The number of nitrogens with one attached hydrogen (secondary N) is 1. The summed E-state index contributed by atoms with van der Waals surface area (Å²) in [6.07, 6.45) is 6.55. The summed E-state index contributed by atoms with van der Waals surface area (Å²) in [7, 11) is 0. The smallest absolute Gasteiger partial charge is 0.267 e. The van der Waals surface area contributed by atoms with Crippen LogP contribution in [0.4, 0.5) is 5.82 Å². The standard InChI is InChI=1S/C30H22N8O2/c1-19(34-29(39)25-26(31)36-37-17-7-16-33-28(25)37)27-35-23-12-5-9-21(14-13-20-8-6-15-32-18-20)24(23)30(40)38(27)22-10-3-2-4-11-22/h2-12,15-19H,1H3,(H2,31,36)(H,34,39)/t19-/m0/s1.